The fraction of sp³-hybridized carbons (Fsp3) is 0.188. The fourth-order valence-electron chi connectivity index (χ4n) is 2.37. The van der Waals surface area contributed by atoms with Gasteiger partial charge in [0.1, 0.15) is 12.9 Å². The van der Waals surface area contributed by atoms with E-state index in [1.54, 1.807) is 24.5 Å². The van der Waals surface area contributed by atoms with E-state index in [1.165, 1.54) is 12.3 Å². The molecule has 3 rings (SSSR count). The topological polar surface area (TPSA) is 115 Å². The van der Waals surface area contributed by atoms with Crippen LogP contribution in [0.25, 0.3) is 11.4 Å². The van der Waals surface area contributed by atoms with Gasteiger partial charge in [-0.3, -0.25) is 19.1 Å². The smallest absolute Gasteiger partial charge is 0.325 e. The molecule has 2 N–H and O–H groups in total. The summed E-state index contributed by atoms with van der Waals surface area (Å²) >= 11 is 0. The van der Waals surface area contributed by atoms with Crippen LogP contribution in [0.2, 0.25) is 0 Å². The van der Waals surface area contributed by atoms with Crippen molar-refractivity contribution in [3.05, 3.63) is 63.7 Å². The molecule has 0 aliphatic carbocycles. The summed E-state index contributed by atoms with van der Waals surface area (Å²) in [5.41, 5.74) is 0.255. The predicted octanol–water partition coefficient (Wildman–Crippen LogP) is 0.454. The van der Waals surface area contributed by atoms with Gasteiger partial charge in [0.05, 0.1) is 0 Å². The number of hydrogen-bond acceptors (Lipinski definition) is 5. The van der Waals surface area contributed by atoms with Crippen LogP contribution < -0.4 is 16.6 Å². The third-order valence-electron chi connectivity index (χ3n) is 3.57. The predicted molar refractivity (Wildman–Crippen MR) is 91.1 cm³/mol. The number of hydrogen-bond donors (Lipinski definition) is 2. The number of benzene rings is 1. The Kier molecular flexibility index (Phi) is 4.55. The van der Waals surface area contributed by atoms with Gasteiger partial charge in [-0.1, -0.05) is 12.1 Å². The maximum absolute atomic E-state index is 12.1. The van der Waals surface area contributed by atoms with Crippen molar-refractivity contribution in [3.63, 3.8) is 0 Å². The van der Waals surface area contributed by atoms with Gasteiger partial charge in [0.2, 0.25) is 5.91 Å². The minimum Gasteiger partial charge on any atom is -0.325 e. The number of nitrogens with one attached hydrogen (secondary N) is 2. The molecule has 9 heteroatoms. The molecule has 0 aliphatic rings. The monoisotopic (exact) mass is 340 g/mol. The van der Waals surface area contributed by atoms with Gasteiger partial charge in [-0.25, -0.2) is 4.79 Å². The van der Waals surface area contributed by atoms with Crippen LogP contribution in [0.15, 0.2) is 52.4 Å². The lowest BCUT2D eigenvalue weighted by Gasteiger charge is -2.09. The van der Waals surface area contributed by atoms with Crippen molar-refractivity contribution in [1.82, 2.24) is 24.3 Å². The van der Waals surface area contributed by atoms with Crippen LogP contribution in [0.1, 0.15) is 6.92 Å². The molecule has 9 nitrogen and oxygen atoms in total. The van der Waals surface area contributed by atoms with Crippen LogP contribution in [-0.2, 0) is 17.9 Å². The van der Waals surface area contributed by atoms with E-state index in [2.05, 4.69) is 20.5 Å². The molecule has 2 heterocycles. The first-order valence-corrected chi connectivity index (χ1v) is 7.64. The molecule has 0 atom stereocenters. The summed E-state index contributed by atoms with van der Waals surface area (Å²) in [5.74, 6) is 0.318. The molecule has 25 heavy (non-hydrogen) atoms. The van der Waals surface area contributed by atoms with Gasteiger partial charge in [-0.05, 0) is 19.1 Å². The number of aromatic amines is 1. The van der Waals surface area contributed by atoms with E-state index in [1.807, 2.05) is 17.6 Å². The normalized spacial score (nSPS) is 10.6. The zero-order valence-corrected chi connectivity index (χ0v) is 13.5. The molecule has 0 fully saturated rings. The average Bonchev–Trinajstić information content (AvgIpc) is 3.06. The van der Waals surface area contributed by atoms with Crippen LogP contribution in [0.3, 0.4) is 0 Å². The molecule has 128 valence electrons. The first-order chi connectivity index (χ1) is 12.1. The van der Waals surface area contributed by atoms with E-state index in [9.17, 15) is 14.4 Å². The summed E-state index contributed by atoms with van der Waals surface area (Å²) in [6, 6.07) is 8.38. The highest BCUT2D eigenvalue weighted by molar-refractivity contribution is 5.91. The second-order valence-electron chi connectivity index (χ2n) is 5.31. The zero-order chi connectivity index (χ0) is 17.8. The third kappa shape index (κ3) is 3.71. The highest BCUT2D eigenvalue weighted by Crippen LogP contribution is 2.20. The zero-order valence-electron chi connectivity index (χ0n) is 13.5. The Balaban J connectivity index is 1.77. The van der Waals surface area contributed by atoms with Crippen molar-refractivity contribution in [2.24, 2.45) is 0 Å². The van der Waals surface area contributed by atoms with E-state index >= 15 is 0 Å². The number of rotatable bonds is 5. The summed E-state index contributed by atoms with van der Waals surface area (Å²) in [5, 5.41) is 10.7. The quantitative estimate of drug-likeness (QED) is 0.700. The number of H-pyrrole nitrogens is 1. The minimum atomic E-state index is -0.632. The molecule has 3 aromatic rings. The van der Waals surface area contributed by atoms with Crippen molar-refractivity contribution >= 4 is 11.6 Å². The molecule has 0 saturated carbocycles. The number of carbonyl (C=O) groups is 1. The first kappa shape index (κ1) is 16.4. The number of aryl methyl sites for hydroxylation is 1. The molecule has 0 radical (unpaired) electrons. The fourth-order valence-corrected chi connectivity index (χ4v) is 2.37. The Morgan fingerprint density at radius 3 is 2.84 bits per heavy atom. The summed E-state index contributed by atoms with van der Waals surface area (Å²) in [4.78, 5) is 36.9. The Morgan fingerprint density at radius 1 is 1.24 bits per heavy atom. The number of nitrogens with zero attached hydrogens (tertiary/aromatic N) is 4. The summed E-state index contributed by atoms with van der Waals surface area (Å²) < 4.78 is 3.01. The van der Waals surface area contributed by atoms with E-state index in [0.29, 0.717) is 11.5 Å². The van der Waals surface area contributed by atoms with Crippen molar-refractivity contribution in [3.8, 4) is 11.4 Å². The SMILES string of the molecule is CCn1cnnc1-c1cccc(NC(=O)Cn2ccc(=O)[nH]c2=O)c1. The van der Waals surface area contributed by atoms with Crippen molar-refractivity contribution in [1.29, 1.82) is 0 Å². The van der Waals surface area contributed by atoms with E-state index < -0.39 is 11.2 Å². The first-order valence-electron chi connectivity index (χ1n) is 7.64. The van der Waals surface area contributed by atoms with Crippen LogP contribution in [-0.4, -0.2) is 30.2 Å². The van der Waals surface area contributed by atoms with E-state index in [0.717, 1.165) is 16.7 Å². The van der Waals surface area contributed by atoms with Gasteiger partial charge in [0.15, 0.2) is 5.82 Å². The lowest BCUT2D eigenvalue weighted by Crippen LogP contribution is -2.32. The minimum absolute atomic E-state index is 0.203. The Hall–Kier alpha value is -3.49. The molecule has 0 bridgehead atoms. The van der Waals surface area contributed by atoms with Gasteiger partial charge in [0.25, 0.3) is 5.56 Å². The standard InChI is InChI=1S/C16H16N6O3/c1-2-21-10-17-20-15(21)11-4-3-5-12(8-11)18-14(24)9-22-7-6-13(23)19-16(22)25/h3-8,10H,2,9H2,1H3,(H,18,24)(H,19,23,25). The number of anilines is 1. The largest absolute Gasteiger partial charge is 0.328 e. The van der Waals surface area contributed by atoms with Crippen molar-refractivity contribution in [2.75, 3.05) is 5.32 Å². The molecular formula is C16H16N6O3. The molecule has 1 amide bonds. The number of aromatic nitrogens is 5. The van der Waals surface area contributed by atoms with Gasteiger partial charge in [0, 0.05) is 30.1 Å². The molecule has 0 aliphatic heterocycles. The Labute approximate surface area is 142 Å². The highest BCUT2D eigenvalue weighted by Gasteiger charge is 2.09. The van der Waals surface area contributed by atoms with Gasteiger partial charge < -0.3 is 9.88 Å². The summed E-state index contributed by atoms with van der Waals surface area (Å²) in [6.45, 7) is 2.51. The molecular weight excluding hydrogens is 324 g/mol. The van der Waals surface area contributed by atoms with Crippen molar-refractivity contribution < 1.29 is 4.79 Å². The van der Waals surface area contributed by atoms with E-state index in [-0.39, 0.29) is 12.5 Å². The lowest BCUT2D eigenvalue weighted by atomic mass is 10.2. The van der Waals surface area contributed by atoms with Gasteiger partial charge in [-0.2, -0.15) is 0 Å². The highest BCUT2D eigenvalue weighted by atomic mass is 16.2. The number of amides is 1. The molecule has 0 spiro atoms. The Bertz CT molecular complexity index is 1020. The van der Waals surface area contributed by atoms with Crippen LogP contribution in [0.4, 0.5) is 5.69 Å². The van der Waals surface area contributed by atoms with Crippen LogP contribution in [0, 0.1) is 0 Å². The third-order valence-corrected chi connectivity index (χ3v) is 3.57. The summed E-state index contributed by atoms with van der Waals surface area (Å²) in [7, 11) is 0. The molecule has 0 saturated heterocycles. The second-order valence-corrected chi connectivity index (χ2v) is 5.31. The van der Waals surface area contributed by atoms with Crippen molar-refractivity contribution in [2.45, 2.75) is 20.0 Å². The maximum atomic E-state index is 12.1. The maximum Gasteiger partial charge on any atom is 0.328 e. The lowest BCUT2D eigenvalue weighted by molar-refractivity contribution is -0.116. The Morgan fingerprint density at radius 2 is 2.08 bits per heavy atom. The second kappa shape index (κ2) is 6.95. The molecule has 1 aromatic carbocycles. The van der Waals surface area contributed by atoms with Crippen LogP contribution >= 0.6 is 0 Å². The average molecular weight is 340 g/mol. The van der Waals surface area contributed by atoms with E-state index in [4.69, 9.17) is 0 Å². The van der Waals surface area contributed by atoms with Gasteiger partial charge >= 0.3 is 5.69 Å². The van der Waals surface area contributed by atoms with Gasteiger partial charge in [-0.15, -0.1) is 10.2 Å². The molecule has 0 unspecified atom stereocenters. The molecule has 2 aromatic heterocycles. The summed E-state index contributed by atoms with van der Waals surface area (Å²) in [6.07, 6.45) is 2.92. The van der Waals surface area contributed by atoms with Crippen LogP contribution in [0.5, 0.6) is 0 Å². The number of carbonyl (C=O) groups excluding carboxylic acids is 1.